The monoisotopic (exact) mass is 294 g/mol. The average molecular weight is 294 g/mol. The highest BCUT2D eigenvalue weighted by Crippen LogP contribution is 2.33. The molecule has 2 aromatic rings. The predicted molar refractivity (Wildman–Crippen MR) is 75.1 cm³/mol. The molecule has 0 heterocycles. The van der Waals surface area contributed by atoms with Crippen LogP contribution in [0.15, 0.2) is 36.4 Å². The largest absolute Gasteiger partial charge is 0.497 e. The van der Waals surface area contributed by atoms with Gasteiger partial charge in [-0.1, -0.05) is 6.07 Å². The molecule has 0 aromatic heterocycles. The molecular formula is C15H16F2N2O2. The molecule has 2 aromatic carbocycles. The van der Waals surface area contributed by atoms with Gasteiger partial charge in [0.15, 0.2) is 0 Å². The molecule has 0 saturated heterocycles. The smallest absolute Gasteiger partial charge is 0.131 e. The van der Waals surface area contributed by atoms with E-state index in [1.807, 2.05) is 0 Å². The van der Waals surface area contributed by atoms with Crippen molar-refractivity contribution in [2.45, 2.75) is 6.04 Å². The Morgan fingerprint density at radius 1 is 1.00 bits per heavy atom. The number of halogens is 2. The molecule has 0 amide bonds. The molecule has 21 heavy (non-hydrogen) atoms. The second-order valence-corrected chi connectivity index (χ2v) is 4.37. The first kappa shape index (κ1) is 15.2. The zero-order chi connectivity index (χ0) is 15.4. The minimum atomic E-state index is -0.698. The molecule has 112 valence electrons. The molecule has 0 radical (unpaired) electrons. The van der Waals surface area contributed by atoms with Crippen LogP contribution in [-0.2, 0) is 0 Å². The zero-order valence-corrected chi connectivity index (χ0v) is 11.7. The summed E-state index contributed by atoms with van der Waals surface area (Å²) < 4.78 is 37.5. The van der Waals surface area contributed by atoms with Crippen molar-refractivity contribution in [1.29, 1.82) is 0 Å². The van der Waals surface area contributed by atoms with E-state index in [2.05, 4.69) is 5.43 Å². The molecule has 4 nitrogen and oxygen atoms in total. The van der Waals surface area contributed by atoms with Gasteiger partial charge in [0.1, 0.15) is 23.1 Å². The first-order valence-electron chi connectivity index (χ1n) is 6.23. The van der Waals surface area contributed by atoms with Crippen LogP contribution in [0.1, 0.15) is 17.2 Å². The predicted octanol–water partition coefficient (Wildman–Crippen LogP) is 2.53. The van der Waals surface area contributed by atoms with E-state index in [-0.39, 0.29) is 5.56 Å². The minimum Gasteiger partial charge on any atom is -0.497 e. The number of nitrogens with two attached hydrogens (primary N) is 1. The second kappa shape index (κ2) is 6.51. The molecule has 0 spiro atoms. The van der Waals surface area contributed by atoms with E-state index in [0.717, 1.165) is 6.07 Å². The van der Waals surface area contributed by atoms with E-state index in [1.165, 1.54) is 26.4 Å². The summed E-state index contributed by atoms with van der Waals surface area (Å²) in [7, 11) is 3.02. The number of nitrogens with one attached hydrogen (secondary N) is 1. The number of methoxy groups -OCH3 is 2. The maximum Gasteiger partial charge on any atom is 0.131 e. The molecule has 0 saturated carbocycles. The van der Waals surface area contributed by atoms with Gasteiger partial charge in [-0.15, -0.1) is 0 Å². The van der Waals surface area contributed by atoms with Crippen LogP contribution < -0.4 is 20.7 Å². The van der Waals surface area contributed by atoms with Crippen molar-refractivity contribution >= 4 is 0 Å². The topological polar surface area (TPSA) is 56.5 Å². The van der Waals surface area contributed by atoms with Gasteiger partial charge >= 0.3 is 0 Å². The fraction of sp³-hybridized carbons (Fsp3) is 0.200. The lowest BCUT2D eigenvalue weighted by Gasteiger charge is -2.20. The average Bonchev–Trinajstić information content (AvgIpc) is 2.49. The Hall–Kier alpha value is -2.18. The summed E-state index contributed by atoms with van der Waals surface area (Å²) >= 11 is 0. The Labute approximate surface area is 121 Å². The number of hydrazine groups is 1. The standard InChI is InChI=1S/C15H16F2N2O2/c1-20-10-4-6-14(21-2)12(8-10)15(19-18)11-5-3-9(16)7-13(11)17/h3-8,15,19H,18H2,1-2H3. The van der Waals surface area contributed by atoms with E-state index in [9.17, 15) is 8.78 Å². The molecular weight excluding hydrogens is 278 g/mol. The number of hydrogen-bond acceptors (Lipinski definition) is 4. The Morgan fingerprint density at radius 2 is 1.76 bits per heavy atom. The van der Waals surface area contributed by atoms with E-state index in [4.69, 9.17) is 15.3 Å². The lowest BCUT2D eigenvalue weighted by molar-refractivity contribution is 0.393. The summed E-state index contributed by atoms with van der Waals surface area (Å²) in [4.78, 5) is 0. The van der Waals surface area contributed by atoms with Gasteiger partial charge in [-0.25, -0.2) is 14.2 Å². The molecule has 0 aliphatic carbocycles. The van der Waals surface area contributed by atoms with E-state index in [0.29, 0.717) is 17.1 Å². The summed E-state index contributed by atoms with van der Waals surface area (Å²) in [6.45, 7) is 0. The van der Waals surface area contributed by atoms with Crippen molar-refractivity contribution < 1.29 is 18.3 Å². The molecule has 1 atom stereocenters. The number of benzene rings is 2. The fourth-order valence-electron chi connectivity index (χ4n) is 2.15. The lowest BCUT2D eigenvalue weighted by atomic mass is 9.97. The number of hydrogen-bond donors (Lipinski definition) is 2. The van der Waals surface area contributed by atoms with Gasteiger partial charge in [-0.05, 0) is 24.3 Å². The summed E-state index contributed by atoms with van der Waals surface area (Å²) in [5.41, 5.74) is 3.32. The number of ether oxygens (including phenoxy) is 2. The van der Waals surface area contributed by atoms with Gasteiger partial charge < -0.3 is 9.47 Å². The van der Waals surface area contributed by atoms with Crippen molar-refractivity contribution in [2.24, 2.45) is 5.84 Å². The van der Waals surface area contributed by atoms with Crippen molar-refractivity contribution in [3.63, 3.8) is 0 Å². The van der Waals surface area contributed by atoms with E-state index >= 15 is 0 Å². The molecule has 0 fully saturated rings. The van der Waals surface area contributed by atoms with Crippen molar-refractivity contribution in [1.82, 2.24) is 5.43 Å². The highest BCUT2D eigenvalue weighted by molar-refractivity contribution is 5.46. The summed E-state index contributed by atoms with van der Waals surface area (Å²) in [6.07, 6.45) is 0. The first-order chi connectivity index (χ1) is 10.1. The van der Waals surface area contributed by atoms with Crippen LogP contribution in [0.4, 0.5) is 8.78 Å². The van der Waals surface area contributed by atoms with Gasteiger partial charge in [0.2, 0.25) is 0 Å². The van der Waals surface area contributed by atoms with Gasteiger partial charge in [0.25, 0.3) is 0 Å². The maximum absolute atomic E-state index is 14.0. The Kier molecular flexibility index (Phi) is 4.72. The molecule has 6 heteroatoms. The van der Waals surface area contributed by atoms with E-state index < -0.39 is 17.7 Å². The minimum absolute atomic E-state index is 0.213. The molecule has 1 unspecified atom stereocenters. The molecule has 2 rings (SSSR count). The maximum atomic E-state index is 14.0. The normalized spacial score (nSPS) is 12.0. The van der Waals surface area contributed by atoms with Gasteiger partial charge in [-0.3, -0.25) is 5.84 Å². The van der Waals surface area contributed by atoms with Crippen LogP contribution in [0.25, 0.3) is 0 Å². The van der Waals surface area contributed by atoms with Crippen LogP contribution in [-0.4, -0.2) is 14.2 Å². The summed E-state index contributed by atoms with van der Waals surface area (Å²) in [5, 5.41) is 0. The first-order valence-corrected chi connectivity index (χ1v) is 6.23. The van der Waals surface area contributed by atoms with Crippen molar-refractivity contribution in [3.8, 4) is 11.5 Å². The van der Waals surface area contributed by atoms with Crippen LogP contribution in [0.3, 0.4) is 0 Å². The van der Waals surface area contributed by atoms with Crippen LogP contribution in [0.2, 0.25) is 0 Å². The van der Waals surface area contributed by atoms with Crippen molar-refractivity contribution in [2.75, 3.05) is 14.2 Å². The molecule has 0 aliphatic rings. The molecule has 0 aliphatic heterocycles. The van der Waals surface area contributed by atoms with Crippen LogP contribution in [0.5, 0.6) is 11.5 Å². The van der Waals surface area contributed by atoms with E-state index in [1.54, 1.807) is 18.2 Å². The third kappa shape index (κ3) is 3.12. The second-order valence-electron chi connectivity index (χ2n) is 4.37. The van der Waals surface area contributed by atoms with Gasteiger partial charge in [0.05, 0.1) is 20.3 Å². The number of rotatable bonds is 5. The van der Waals surface area contributed by atoms with Crippen molar-refractivity contribution in [3.05, 3.63) is 59.2 Å². The summed E-state index contributed by atoms with van der Waals surface area (Å²) in [6, 6.07) is 7.73. The highest BCUT2D eigenvalue weighted by Gasteiger charge is 2.21. The third-order valence-electron chi connectivity index (χ3n) is 3.19. The SMILES string of the molecule is COc1ccc(OC)c(C(NN)c2ccc(F)cc2F)c1. The molecule has 0 bridgehead atoms. The van der Waals surface area contributed by atoms with Crippen LogP contribution >= 0.6 is 0 Å². The Bertz CT molecular complexity index is 635. The van der Waals surface area contributed by atoms with Crippen LogP contribution in [0, 0.1) is 11.6 Å². The Balaban J connectivity index is 2.54. The lowest BCUT2D eigenvalue weighted by Crippen LogP contribution is -2.30. The zero-order valence-electron chi connectivity index (χ0n) is 11.7. The molecule has 3 N–H and O–H groups in total. The van der Waals surface area contributed by atoms with Gasteiger partial charge in [-0.2, -0.15) is 0 Å². The fourth-order valence-corrected chi connectivity index (χ4v) is 2.15. The van der Waals surface area contributed by atoms with Gasteiger partial charge in [0, 0.05) is 17.2 Å². The summed E-state index contributed by atoms with van der Waals surface area (Å²) in [5.74, 6) is 5.31. The Morgan fingerprint density at radius 3 is 2.33 bits per heavy atom. The quantitative estimate of drug-likeness (QED) is 0.657. The third-order valence-corrected chi connectivity index (χ3v) is 3.19. The highest BCUT2D eigenvalue weighted by atomic mass is 19.1.